The number of halogens is 3. The molecule has 10 heteroatoms. The minimum atomic E-state index is -4.61. The third kappa shape index (κ3) is 5.16. The Hall–Kier alpha value is -2.75. The van der Waals surface area contributed by atoms with Gasteiger partial charge in [0, 0.05) is 12.6 Å². The smallest absolute Gasteiger partial charge is 0.421 e. The lowest BCUT2D eigenvalue weighted by molar-refractivity contribution is -0.139. The van der Waals surface area contributed by atoms with Crippen molar-refractivity contribution in [3.8, 4) is 5.88 Å². The zero-order valence-corrected chi connectivity index (χ0v) is 16.1. The number of hydrogen-bond donors (Lipinski definition) is 1. The molecule has 0 aliphatic rings. The summed E-state index contributed by atoms with van der Waals surface area (Å²) >= 11 is 1.20. The number of alkyl halides is 3. The Bertz CT molecular complexity index is 873. The maximum absolute atomic E-state index is 13.3. The standard InChI is InChI=1S/C18H18F3N3O3S/c1-22-16(25)15(24-26-2)12-7-5-4-6-11(12)10-27-17-13(18(19,20)21)8-9-14(23-17)28-3/h4-9H,10H2,1-3H3,(H,22,25). The van der Waals surface area contributed by atoms with Crippen LogP contribution in [-0.4, -0.2) is 37.0 Å². The van der Waals surface area contributed by atoms with Crippen LogP contribution < -0.4 is 10.1 Å². The Morgan fingerprint density at radius 3 is 2.57 bits per heavy atom. The van der Waals surface area contributed by atoms with E-state index in [-0.39, 0.29) is 12.3 Å². The normalized spacial score (nSPS) is 11.9. The van der Waals surface area contributed by atoms with Crippen LogP contribution in [0.25, 0.3) is 0 Å². The number of carbonyl (C=O) groups is 1. The number of nitrogens with one attached hydrogen (secondary N) is 1. The highest BCUT2D eigenvalue weighted by atomic mass is 32.2. The summed E-state index contributed by atoms with van der Waals surface area (Å²) in [6, 6.07) is 8.77. The lowest BCUT2D eigenvalue weighted by atomic mass is 10.0. The van der Waals surface area contributed by atoms with Crippen LogP contribution in [0.2, 0.25) is 0 Å². The summed E-state index contributed by atoms with van der Waals surface area (Å²) in [5.74, 6) is -1.04. The van der Waals surface area contributed by atoms with E-state index in [0.717, 1.165) is 6.07 Å². The number of carbonyl (C=O) groups excluding carboxylic acids is 1. The van der Waals surface area contributed by atoms with Crippen molar-refractivity contribution in [3.05, 3.63) is 53.1 Å². The summed E-state index contributed by atoms with van der Waals surface area (Å²) in [4.78, 5) is 20.7. The highest BCUT2D eigenvalue weighted by Crippen LogP contribution is 2.36. The van der Waals surface area contributed by atoms with E-state index in [9.17, 15) is 18.0 Å². The fraction of sp³-hybridized carbons (Fsp3) is 0.278. The van der Waals surface area contributed by atoms with Gasteiger partial charge in [-0.2, -0.15) is 13.2 Å². The third-order valence-corrected chi connectivity index (χ3v) is 4.26. The van der Waals surface area contributed by atoms with Gasteiger partial charge in [0.2, 0.25) is 5.88 Å². The Morgan fingerprint density at radius 1 is 1.25 bits per heavy atom. The second-order valence-corrected chi connectivity index (χ2v) is 6.18. The molecular weight excluding hydrogens is 395 g/mol. The van der Waals surface area contributed by atoms with Gasteiger partial charge in [-0.3, -0.25) is 4.79 Å². The zero-order valence-electron chi connectivity index (χ0n) is 15.3. The van der Waals surface area contributed by atoms with Crippen LogP contribution in [0, 0.1) is 0 Å². The summed E-state index contributed by atoms with van der Waals surface area (Å²) in [6.45, 7) is -0.246. The number of oxime groups is 1. The maximum Gasteiger partial charge on any atom is 0.421 e. The van der Waals surface area contributed by atoms with Crippen molar-refractivity contribution in [1.82, 2.24) is 10.3 Å². The topological polar surface area (TPSA) is 72.8 Å². The highest BCUT2D eigenvalue weighted by molar-refractivity contribution is 7.98. The van der Waals surface area contributed by atoms with Crippen molar-refractivity contribution in [2.24, 2.45) is 5.16 Å². The first-order valence-electron chi connectivity index (χ1n) is 7.98. The minimum absolute atomic E-state index is 0.0222. The average Bonchev–Trinajstić information content (AvgIpc) is 2.69. The molecule has 0 aliphatic heterocycles. The lowest BCUT2D eigenvalue weighted by Crippen LogP contribution is -2.29. The molecule has 28 heavy (non-hydrogen) atoms. The van der Waals surface area contributed by atoms with Crippen LogP contribution in [0.4, 0.5) is 13.2 Å². The van der Waals surface area contributed by atoms with Crippen LogP contribution >= 0.6 is 11.8 Å². The van der Waals surface area contributed by atoms with Gasteiger partial charge in [-0.1, -0.05) is 29.4 Å². The number of likely N-dealkylation sites (N-methyl/N-ethyl adjacent to an activating group) is 1. The first-order valence-corrected chi connectivity index (χ1v) is 9.20. The Kier molecular flexibility index (Phi) is 7.27. The number of benzene rings is 1. The monoisotopic (exact) mass is 413 g/mol. The minimum Gasteiger partial charge on any atom is -0.472 e. The van der Waals surface area contributed by atoms with E-state index in [1.165, 1.54) is 32.0 Å². The number of pyridine rings is 1. The second kappa shape index (κ2) is 9.45. The lowest BCUT2D eigenvalue weighted by Gasteiger charge is -2.15. The van der Waals surface area contributed by atoms with Crippen molar-refractivity contribution in [2.45, 2.75) is 17.8 Å². The first kappa shape index (κ1) is 21.5. The van der Waals surface area contributed by atoms with Gasteiger partial charge in [-0.05, 0) is 24.0 Å². The first-order chi connectivity index (χ1) is 13.3. The van der Waals surface area contributed by atoms with Crippen LogP contribution in [0.3, 0.4) is 0 Å². The predicted molar refractivity (Wildman–Crippen MR) is 99.4 cm³/mol. The van der Waals surface area contributed by atoms with Gasteiger partial charge in [0.05, 0.1) is 5.03 Å². The van der Waals surface area contributed by atoms with Crippen molar-refractivity contribution in [2.75, 3.05) is 20.4 Å². The van der Waals surface area contributed by atoms with Gasteiger partial charge in [0.15, 0.2) is 5.71 Å². The summed E-state index contributed by atoms with van der Waals surface area (Å²) in [7, 11) is 2.72. The van der Waals surface area contributed by atoms with Crippen LogP contribution in [0.1, 0.15) is 16.7 Å². The molecule has 6 nitrogen and oxygen atoms in total. The molecule has 0 aliphatic carbocycles. The molecule has 0 fully saturated rings. The third-order valence-electron chi connectivity index (χ3n) is 3.61. The molecule has 1 N–H and O–H groups in total. The van der Waals surface area contributed by atoms with E-state index in [4.69, 9.17) is 9.57 Å². The van der Waals surface area contributed by atoms with E-state index < -0.39 is 23.5 Å². The van der Waals surface area contributed by atoms with E-state index in [1.807, 2.05) is 0 Å². The van der Waals surface area contributed by atoms with E-state index in [1.54, 1.807) is 30.5 Å². The number of hydrogen-bond acceptors (Lipinski definition) is 6. The van der Waals surface area contributed by atoms with E-state index >= 15 is 0 Å². The molecule has 0 radical (unpaired) electrons. The summed E-state index contributed by atoms with van der Waals surface area (Å²) in [5.41, 5.74) is -0.171. The van der Waals surface area contributed by atoms with Gasteiger partial charge >= 0.3 is 6.18 Å². The SMILES string of the molecule is CNC(=O)C(=NOC)c1ccccc1COc1nc(SC)ccc1C(F)(F)F. The number of thioether (sulfide) groups is 1. The molecular formula is C18H18F3N3O3S. The zero-order chi connectivity index (χ0) is 20.7. The Balaban J connectivity index is 2.39. The van der Waals surface area contributed by atoms with Crippen molar-refractivity contribution < 1.29 is 27.5 Å². The molecule has 0 bridgehead atoms. The van der Waals surface area contributed by atoms with Gasteiger partial charge in [-0.15, -0.1) is 11.8 Å². The van der Waals surface area contributed by atoms with Crippen LogP contribution in [0.5, 0.6) is 5.88 Å². The van der Waals surface area contributed by atoms with Crippen molar-refractivity contribution >= 4 is 23.4 Å². The summed E-state index contributed by atoms with van der Waals surface area (Å²) in [5, 5.41) is 6.55. The van der Waals surface area contributed by atoms with Gasteiger partial charge in [0.25, 0.3) is 5.91 Å². The fourth-order valence-electron chi connectivity index (χ4n) is 2.31. The molecule has 0 atom stereocenters. The number of ether oxygens (including phenoxy) is 1. The summed E-state index contributed by atoms with van der Waals surface area (Å²) in [6.07, 6.45) is -2.91. The highest BCUT2D eigenvalue weighted by Gasteiger charge is 2.35. The molecule has 1 aromatic heterocycles. The van der Waals surface area contributed by atoms with Crippen molar-refractivity contribution in [1.29, 1.82) is 0 Å². The van der Waals surface area contributed by atoms with Gasteiger partial charge in [0.1, 0.15) is 19.3 Å². The van der Waals surface area contributed by atoms with E-state index in [0.29, 0.717) is 16.2 Å². The molecule has 1 aromatic carbocycles. The van der Waals surface area contributed by atoms with Crippen LogP contribution in [-0.2, 0) is 22.4 Å². The van der Waals surface area contributed by atoms with Gasteiger partial charge in [-0.25, -0.2) is 4.98 Å². The van der Waals surface area contributed by atoms with Crippen molar-refractivity contribution in [3.63, 3.8) is 0 Å². The average molecular weight is 413 g/mol. The Morgan fingerprint density at radius 2 is 1.96 bits per heavy atom. The fourth-order valence-corrected chi connectivity index (χ4v) is 2.69. The molecule has 150 valence electrons. The van der Waals surface area contributed by atoms with E-state index in [2.05, 4.69) is 15.5 Å². The molecule has 0 unspecified atom stereocenters. The quantitative estimate of drug-likeness (QED) is 0.427. The number of nitrogens with zero attached hydrogens (tertiary/aromatic N) is 2. The molecule has 2 rings (SSSR count). The molecule has 0 saturated heterocycles. The largest absolute Gasteiger partial charge is 0.472 e. The Labute approximate surface area is 164 Å². The van der Waals surface area contributed by atoms with Gasteiger partial charge < -0.3 is 14.9 Å². The number of amides is 1. The second-order valence-electron chi connectivity index (χ2n) is 5.35. The van der Waals surface area contributed by atoms with Crippen LogP contribution in [0.15, 0.2) is 46.6 Å². The number of rotatable bonds is 7. The maximum atomic E-state index is 13.3. The number of aromatic nitrogens is 1. The molecule has 1 amide bonds. The predicted octanol–water partition coefficient (Wildman–Crippen LogP) is 3.50. The molecule has 0 saturated carbocycles. The summed E-state index contributed by atoms with van der Waals surface area (Å²) < 4.78 is 45.2. The molecule has 0 spiro atoms. The molecule has 2 aromatic rings. The molecule has 1 heterocycles.